The largest absolute Gasteiger partial charge is 0.371 e. The lowest BCUT2D eigenvalue weighted by Gasteiger charge is -2.33. The highest BCUT2D eigenvalue weighted by molar-refractivity contribution is 5.74. The van der Waals surface area contributed by atoms with Gasteiger partial charge in [0.15, 0.2) is 0 Å². The predicted octanol–water partition coefficient (Wildman–Crippen LogP) is 1.52. The van der Waals surface area contributed by atoms with Gasteiger partial charge in [-0.15, -0.1) is 0 Å². The van der Waals surface area contributed by atoms with Crippen LogP contribution < -0.4 is 15.5 Å². The monoisotopic (exact) mass is 314 g/mol. The number of amides is 2. The van der Waals surface area contributed by atoms with Gasteiger partial charge in [0.25, 0.3) is 0 Å². The van der Waals surface area contributed by atoms with Crippen molar-refractivity contribution in [3.05, 3.63) is 30.3 Å². The van der Waals surface area contributed by atoms with Crippen molar-refractivity contribution in [3.8, 4) is 11.8 Å². The third-order valence-electron chi connectivity index (χ3n) is 3.81. The standard InChI is InChI=1S/C18H26N4O/c1-21(2)13-7-6-12-19-18(23)20-16-10-14-22(15-11-16)17-8-4-3-5-9-17/h3-5,8-9,16H,10-15H2,1-2H3,(H2,19,20,23). The summed E-state index contributed by atoms with van der Waals surface area (Å²) in [6.45, 7) is 3.04. The molecule has 0 spiro atoms. The van der Waals surface area contributed by atoms with Crippen molar-refractivity contribution in [1.82, 2.24) is 15.5 Å². The van der Waals surface area contributed by atoms with Crippen molar-refractivity contribution < 1.29 is 4.79 Å². The van der Waals surface area contributed by atoms with E-state index in [1.807, 2.05) is 25.1 Å². The third-order valence-corrected chi connectivity index (χ3v) is 3.81. The molecule has 0 saturated carbocycles. The molecule has 1 aliphatic rings. The maximum absolute atomic E-state index is 11.8. The second kappa shape index (κ2) is 9.06. The molecule has 0 unspecified atom stereocenters. The topological polar surface area (TPSA) is 47.6 Å². The molecule has 23 heavy (non-hydrogen) atoms. The SMILES string of the molecule is CN(C)CC#CCNC(=O)NC1CCN(c2ccccc2)CC1. The van der Waals surface area contributed by atoms with Crippen LogP contribution in [0.3, 0.4) is 0 Å². The zero-order valence-electron chi connectivity index (χ0n) is 14.0. The minimum Gasteiger partial charge on any atom is -0.371 e. The van der Waals surface area contributed by atoms with E-state index in [9.17, 15) is 4.79 Å². The number of piperidine rings is 1. The molecule has 1 aromatic rings. The molecule has 5 heteroatoms. The van der Waals surface area contributed by atoms with Crippen LogP contribution in [0.25, 0.3) is 0 Å². The molecule has 1 heterocycles. The number of hydrogen-bond donors (Lipinski definition) is 2. The van der Waals surface area contributed by atoms with Gasteiger partial charge in [-0.25, -0.2) is 4.79 Å². The third kappa shape index (κ3) is 6.21. The first-order chi connectivity index (χ1) is 11.1. The smallest absolute Gasteiger partial charge is 0.315 e. The molecule has 0 aromatic heterocycles. The molecule has 124 valence electrons. The molecular formula is C18H26N4O. The Morgan fingerprint density at radius 3 is 2.57 bits per heavy atom. The maximum atomic E-state index is 11.8. The van der Waals surface area contributed by atoms with Crippen LogP contribution in [-0.2, 0) is 0 Å². The molecule has 5 nitrogen and oxygen atoms in total. The Labute approximate surface area is 139 Å². The Morgan fingerprint density at radius 1 is 1.22 bits per heavy atom. The van der Waals surface area contributed by atoms with Gasteiger partial charge in [-0.3, -0.25) is 4.90 Å². The number of nitrogens with zero attached hydrogens (tertiary/aromatic N) is 2. The van der Waals surface area contributed by atoms with E-state index in [1.165, 1.54) is 5.69 Å². The van der Waals surface area contributed by atoms with Crippen LogP contribution >= 0.6 is 0 Å². The number of carbonyl (C=O) groups is 1. The number of hydrogen-bond acceptors (Lipinski definition) is 3. The van der Waals surface area contributed by atoms with Gasteiger partial charge in [0.1, 0.15) is 0 Å². The van der Waals surface area contributed by atoms with E-state index in [1.54, 1.807) is 0 Å². The van der Waals surface area contributed by atoms with Crippen molar-refractivity contribution in [1.29, 1.82) is 0 Å². The van der Waals surface area contributed by atoms with Crippen LogP contribution in [0.15, 0.2) is 30.3 Å². The van der Waals surface area contributed by atoms with E-state index < -0.39 is 0 Å². The molecule has 1 saturated heterocycles. The fourth-order valence-electron chi connectivity index (χ4n) is 2.56. The van der Waals surface area contributed by atoms with E-state index in [0.717, 1.165) is 25.9 Å². The molecule has 1 fully saturated rings. The predicted molar refractivity (Wildman–Crippen MR) is 94.5 cm³/mol. The van der Waals surface area contributed by atoms with Gasteiger partial charge in [0.05, 0.1) is 13.1 Å². The van der Waals surface area contributed by atoms with Crippen molar-refractivity contribution in [2.24, 2.45) is 0 Å². The Bertz CT molecular complexity index is 539. The highest BCUT2D eigenvalue weighted by atomic mass is 16.2. The first-order valence-corrected chi connectivity index (χ1v) is 8.10. The average molecular weight is 314 g/mol. The second-order valence-corrected chi connectivity index (χ2v) is 6.02. The normalized spacial score (nSPS) is 15.0. The minimum absolute atomic E-state index is 0.123. The number of anilines is 1. The molecular weight excluding hydrogens is 288 g/mol. The van der Waals surface area contributed by atoms with Crippen molar-refractivity contribution in [2.45, 2.75) is 18.9 Å². The highest BCUT2D eigenvalue weighted by Gasteiger charge is 2.20. The van der Waals surface area contributed by atoms with Crippen LogP contribution in [0, 0.1) is 11.8 Å². The number of carbonyl (C=O) groups excluding carboxylic acids is 1. The summed E-state index contributed by atoms with van der Waals surface area (Å²) in [7, 11) is 3.94. The van der Waals surface area contributed by atoms with E-state index in [2.05, 4.69) is 51.6 Å². The Morgan fingerprint density at radius 2 is 1.91 bits per heavy atom. The summed E-state index contributed by atoms with van der Waals surface area (Å²) in [4.78, 5) is 16.2. The number of rotatable bonds is 4. The first kappa shape index (κ1) is 17.2. The summed E-state index contributed by atoms with van der Waals surface area (Å²) in [5.74, 6) is 5.94. The molecule has 2 amide bonds. The highest BCUT2D eigenvalue weighted by Crippen LogP contribution is 2.19. The van der Waals surface area contributed by atoms with Gasteiger partial charge in [-0.1, -0.05) is 30.0 Å². The van der Waals surface area contributed by atoms with E-state index in [0.29, 0.717) is 13.1 Å². The summed E-state index contributed by atoms with van der Waals surface area (Å²) >= 11 is 0. The molecule has 0 bridgehead atoms. The number of urea groups is 1. The number of nitrogens with one attached hydrogen (secondary N) is 2. The minimum atomic E-state index is -0.123. The molecule has 1 aromatic carbocycles. The Hall–Kier alpha value is -2.19. The van der Waals surface area contributed by atoms with Gasteiger partial charge in [0.2, 0.25) is 0 Å². The summed E-state index contributed by atoms with van der Waals surface area (Å²) in [5.41, 5.74) is 1.26. The lowest BCUT2D eigenvalue weighted by molar-refractivity contribution is 0.235. The van der Waals surface area contributed by atoms with Gasteiger partial charge in [-0.2, -0.15) is 0 Å². The quantitative estimate of drug-likeness (QED) is 0.829. The lowest BCUT2D eigenvalue weighted by atomic mass is 10.0. The maximum Gasteiger partial charge on any atom is 0.315 e. The number of benzene rings is 1. The molecule has 0 atom stereocenters. The van der Waals surface area contributed by atoms with Gasteiger partial charge < -0.3 is 15.5 Å². The fourth-order valence-corrected chi connectivity index (χ4v) is 2.56. The lowest BCUT2D eigenvalue weighted by Crippen LogP contribution is -2.48. The van der Waals surface area contributed by atoms with Crippen LogP contribution in [0.1, 0.15) is 12.8 Å². The van der Waals surface area contributed by atoms with Crippen LogP contribution in [-0.4, -0.2) is 57.2 Å². The van der Waals surface area contributed by atoms with Crippen LogP contribution in [0.2, 0.25) is 0 Å². The second-order valence-electron chi connectivity index (χ2n) is 6.02. The summed E-state index contributed by atoms with van der Waals surface area (Å²) in [6.07, 6.45) is 1.93. The van der Waals surface area contributed by atoms with Crippen molar-refractivity contribution >= 4 is 11.7 Å². The summed E-state index contributed by atoms with van der Waals surface area (Å²) in [6, 6.07) is 10.5. The van der Waals surface area contributed by atoms with Crippen LogP contribution in [0.4, 0.5) is 10.5 Å². The molecule has 0 aliphatic carbocycles. The fraction of sp³-hybridized carbons (Fsp3) is 0.500. The Kier molecular flexibility index (Phi) is 6.76. The molecule has 2 N–H and O–H groups in total. The van der Waals surface area contributed by atoms with Gasteiger partial charge in [-0.05, 0) is 39.1 Å². The van der Waals surface area contributed by atoms with E-state index in [4.69, 9.17) is 0 Å². The Balaban J connectivity index is 1.65. The zero-order chi connectivity index (χ0) is 16.5. The van der Waals surface area contributed by atoms with Gasteiger partial charge in [0, 0.05) is 24.8 Å². The summed E-state index contributed by atoms with van der Waals surface area (Å²) < 4.78 is 0. The number of para-hydroxylation sites is 1. The van der Waals surface area contributed by atoms with Crippen molar-refractivity contribution in [3.63, 3.8) is 0 Å². The summed E-state index contributed by atoms with van der Waals surface area (Å²) in [5, 5.41) is 5.83. The van der Waals surface area contributed by atoms with Crippen LogP contribution in [0.5, 0.6) is 0 Å². The zero-order valence-corrected chi connectivity index (χ0v) is 14.0. The molecule has 1 aliphatic heterocycles. The first-order valence-electron chi connectivity index (χ1n) is 8.10. The van der Waals surface area contributed by atoms with Gasteiger partial charge >= 0.3 is 6.03 Å². The average Bonchev–Trinajstić information content (AvgIpc) is 2.56. The molecule has 0 radical (unpaired) electrons. The van der Waals surface area contributed by atoms with E-state index in [-0.39, 0.29) is 12.1 Å². The van der Waals surface area contributed by atoms with E-state index >= 15 is 0 Å². The molecule has 2 rings (SSSR count). The van der Waals surface area contributed by atoms with Crippen molar-refractivity contribution in [2.75, 3.05) is 45.2 Å².